The summed E-state index contributed by atoms with van der Waals surface area (Å²) in [6.45, 7) is 3.81. The Morgan fingerprint density at radius 1 is 1.14 bits per heavy atom. The number of rotatable bonds is 3. The molecule has 2 aromatic carbocycles. The molecule has 36 heavy (non-hydrogen) atoms. The number of anilines is 1. The number of furan rings is 1. The van der Waals surface area contributed by atoms with Gasteiger partial charge in [0, 0.05) is 34.3 Å². The molecule has 1 aromatic heterocycles. The van der Waals surface area contributed by atoms with Crippen LogP contribution in [0.1, 0.15) is 69.5 Å². The van der Waals surface area contributed by atoms with E-state index in [4.69, 9.17) is 27.6 Å². The third kappa shape index (κ3) is 4.42. The first-order valence-corrected chi connectivity index (χ1v) is 12.6. The fourth-order valence-corrected chi connectivity index (χ4v) is 5.47. The van der Waals surface area contributed by atoms with Crippen LogP contribution in [-0.4, -0.2) is 23.6 Å². The minimum Gasteiger partial charge on any atom is -0.455 e. The van der Waals surface area contributed by atoms with Crippen molar-refractivity contribution < 1.29 is 18.4 Å². The van der Waals surface area contributed by atoms with E-state index in [9.17, 15) is 14.0 Å². The standard InChI is InChI=1S/C27H24Cl2FN3O3/c1-14-6-7-16-12-18(30)9-11-22(16)33(14)27(35)25-15(2)24-21(4-3-5-23(24)36-25)31-32-26(34)19-10-8-17(28)13-20(19)29/h8-14H,3-7H2,1-2H3,(H,32,34)/b31-21+. The number of amides is 2. The zero-order valence-corrected chi connectivity index (χ0v) is 21.3. The van der Waals surface area contributed by atoms with Gasteiger partial charge in [0.25, 0.3) is 11.8 Å². The lowest BCUT2D eigenvalue weighted by Gasteiger charge is -2.34. The highest BCUT2D eigenvalue weighted by Gasteiger charge is 2.35. The third-order valence-corrected chi connectivity index (χ3v) is 7.33. The quantitative estimate of drug-likeness (QED) is 0.395. The molecule has 5 rings (SSSR count). The number of halogens is 3. The summed E-state index contributed by atoms with van der Waals surface area (Å²) >= 11 is 12.1. The van der Waals surface area contributed by atoms with Crippen LogP contribution in [0, 0.1) is 12.7 Å². The SMILES string of the molecule is Cc1c(C(=O)N2c3ccc(F)cc3CCC2C)oc2c1/C(=N/NC(=O)c1ccc(Cl)cc1Cl)CCC2. The fraction of sp³-hybridized carbons (Fsp3) is 0.296. The van der Waals surface area contributed by atoms with Crippen LogP contribution in [0.4, 0.5) is 10.1 Å². The normalized spacial score (nSPS) is 18.1. The maximum atomic E-state index is 13.8. The molecule has 2 heterocycles. The summed E-state index contributed by atoms with van der Waals surface area (Å²) in [6.07, 6.45) is 3.49. The number of nitrogens with zero attached hydrogens (tertiary/aromatic N) is 2. The number of nitrogens with one attached hydrogen (secondary N) is 1. The van der Waals surface area contributed by atoms with E-state index in [1.807, 2.05) is 13.8 Å². The molecular formula is C27H24Cl2FN3O3. The summed E-state index contributed by atoms with van der Waals surface area (Å²) in [6, 6.07) is 9.07. The lowest BCUT2D eigenvalue weighted by Crippen LogP contribution is -2.42. The molecular weight excluding hydrogens is 504 g/mol. The van der Waals surface area contributed by atoms with Gasteiger partial charge in [-0.05, 0) is 81.5 Å². The van der Waals surface area contributed by atoms with Gasteiger partial charge >= 0.3 is 0 Å². The van der Waals surface area contributed by atoms with Crippen molar-refractivity contribution in [2.24, 2.45) is 5.10 Å². The predicted octanol–water partition coefficient (Wildman–Crippen LogP) is 6.49. The summed E-state index contributed by atoms with van der Waals surface area (Å²) in [5, 5.41) is 5.03. The summed E-state index contributed by atoms with van der Waals surface area (Å²) in [5.41, 5.74) is 6.41. The van der Waals surface area contributed by atoms with Gasteiger partial charge in [0.05, 0.1) is 16.3 Å². The molecule has 186 valence electrons. The van der Waals surface area contributed by atoms with Crippen LogP contribution >= 0.6 is 23.2 Å². The number of hydrogen-bond acceptors (Lipinski definition) is 4. The Kier molecular flexibility index (Phi) is 6.62. The van der Waals surface area contributed by atoms with Gasteiger partial charge in [-0.15, -0.1) is 0 Å². The van der Waals surface area contributed by atoms with Crippen LogP contribution in [0.2, 0.25) is 10.0 Å². The second-order valence-corrected chi connectivity index (χ2v) is 10.0. The molecule has 0 saturated heterocycles. The van der Waals surface area contributed by atoms with E-state index in [2.05, 4.69) is 10.5 Å². The Morgan fingerprint density at radius 2 is 1.94 bits per heavy atom. The lowest BCUT2D eigenvalue weighted by atomic mass is 9.92. The molecule has 9 heteroatoms. The van der Waals surface area contributed by atoms with E-state index in [0.717, 1.165) is 24.0 Å². The zero-order chi connectivity index (χ0) is 25.6. The number of hydrogen-bond donors (Lipinski definition) is 1. The average molecular weight is 528 g/mol. The lowest BCUT2D eigenvalue weighted by molar-refractivity contribution is 0.0941. The maximum Gasteiger partial charge on any atom is 0.294 e. The minimum absolute atomic E-state index is 0.0615. The molecule has 2 aliphatic rings. The van der Waals surface area contributed by atoms with Gasteiger partial charge in [0.15, 0.2) is 5.76 Å². The highest BCUT2D eigenvalue weighted by molar-refractivity contribution is 6.36. The first-order valence-electron chi connectivity index (χ1n) is 11.8. The molecule has 0 radical (unpaired) electrons. The van der Waals surface area contributed by atoms with Crippen molar-refractivity contribution in [1.82, 2.24) is 5.43 Å². The van der Waals surface area contributed by atoms with E-state index >= 15 is 0 Å². The zero-order valence-electron chi connectivity index (χ0n) is 19.8. The molecule has 1 aliphatic heterocycles. The van der Waals surface area contributed by atoms with Crippen LogP contribution in [0.3, 0.4) is 0 Å². The van der Waals surface area contributed by atoms with Crippen molar-refractivity contribution in [3.63, 3.8) is 0 Å². The van der Waals surface area contributed by atoms with E-state index in [1.54, 1.807) is 17.0 Å². The summed E-state index contributed by atoms with van der Waals surface area (Å²) in [4.78, 5) is 28.1. The Balaban J connectivity index is 1.45. The average Bonchev–Trinajstić information content (AvgIpc) is 3.19. The van der Waals surface area contributed by atoms with Gasteiger partial charge in [0.1, 0.15) is 11.6 Å². The predicted molar refractivity (Wildman–Crippen MR) is 138 cm³/mol. The van der Waals surface area contributed by atoms with Crippen molar-refractivity contribution in [2.45, 2.75) is 52.0 Å². The smallest absolute Gasteiger partial charge is 0.294 e. The molecule has 0 bridgehead atoms. The van der Waals surface area contributed by atoms with Crippen molar-refractivity contribution in [3.8, 4) is 0 Å². The molecule has 0 saturated carbocycles. The van der Waals surface area contributed by atoms with Gasteiger partial charge in [-0.2, -0.15) is 5.10 Å². The fourth-order valence-electron chi connectivity index (χ4n) is 4.98. The van der Waals surface area contributed by atoms with Gasteiger partial charge in [0.2, 0.25) is 0 Å². The van der Waals surface area contributed by atoms with Crippen LogP contribution < -0.4 is 10.3 Å². The largest absolute Gasteiger partial charge is 0.455 e. The Labute approximate surface area is 218 Å². The molecule has 3 aromatic rings. The van der Waals surface area contributed by atoms with Crippen LogP contribution in [0.5, 0.6) is 0 Å². The van der Waals surface area contributed by atoms with E-state index in [1.165, 1.54) is 24.3 Å². The number of fused-ring (bicyclic) bond motifs is 2. The van der Waals surface area contributed by atoms with Gasteiger partial charge < -0.3 is 9.32 Å². The van der Waals surface area contributed by atoms with Crippen molar-refractivity contribution in [2.75, 3.05) is 4.90 Å². The molecule has 0 spiro atoms. The van der Waals surface area contributed by atoms with Gasteiger partial charge in [-0.25, -0.2) is 9.82 Å². The number of carbonyl (C=O) groups is 2. The number of hydrazone groups is 1. The third-order valence-electron chi connectivity index (χ3n) is 6.78. The highest BCUT2D eigenvalue weighted by Crippen LogP contribution is 2.36. The first-order chi connectivity index (χ1) is 17.2. The maximum absolute atomic E-state index is 13.8. The molecule has 0 fully saturated rings. The molecule has 1 N–H and O–H groups in total. The van der Waals surface area contributed by atoms with Gasteiger partial charge in [-0.1, -0.05) is 23.2 Å². The molecule has 2 amide bonds. The second kappa shape index (κ2) is 9.71. The Bertz CT molecular complexity index is 1420. The van der Waals surface area contributed by atoms with Crippen LogP contribution in [0.15, 0.2) is 45.9 Å². The van der Waals surface area contributed by atoms with Crippen molar-refractivity contribution >= 4 is 46.4 Å². The monoisotopic (exact) mass is 527 g/mol. The summed E-state index contributed by atoms with van der Waals surface area (Å²) < 4.78 is 19.9. The number of aryl methyl sites for hydroxylation is 2. The van der Waals surface area contributed by atoms with E-state index in [0.29, 0.717) is 47.0 Å². The Morgan fingerprint density at radius 3 is 2.72 bits per heavy atom. The number of benzene rings is 2. The molecule has 1 atom stereocenters. The molecule has 1 aliphatic carbocycles. The molecule has 1 unspecified atom stereocenters. The first kappa shape index (κ1) is 24.5. The van der Waals surface area contributed by atoms with Crippen molar-refractivity contribution in [1.29, 1.82) is 0 Å². The summed E-state index contributed by atoms with van der Waals surface area (Å²) in [7, 11) is 0. The van der Waals surface area contributed by atoms with Crippen molar-refractivity contribution in [3.05, 3.63) is 86.0 Å². The topological polar surface area (TPSA) is 74.9 Å². The van der Waals surface area contributed by atoms with Gasteiger partial charge in [-0.3, -0.25) is 9.59 Å². The molecule has 6 nitrogen and oxygen atoms in total. The summed E-state index contributed by atoms with van der Waals surface area (Å²) in [5.74, 6) is -0.129. The highest BCUT2D eigenvalue weighted by atomic mass is 35.5. The van der Waals surface area contributed by atoms with E-state index in [-0.39, 0.29) is 34.1 Å². The number of carbonyl (C=O) groups excluding carboxylic acids is 2. The van der Waals surface area contributed by atoms with E-state index < -0.39 is 5.91 Å². The van der Waals surface area contributed by atoms with Crippen LogP contribution in [0.25, 0.3) is 0 Å². The second-order valence-electron chi connectivity index (χ2n) is 9.17. The minimum atomic E-state index is -0.459. The Hall–Kier alpha value is -3.16. The van der Waals surface area contributed by atoms with Crippen LogP contribution in [-0.2, 0) is 12.8 Å².